The maximum absolute atomic E-state index is 11.8. The summed E-state index contributed by atoms with van der Waals surface area (Å²) in [4.78, 5) is 11.8. The number of hydrogen-bond donors (Lipinski definition) is 4. The first-order chi connectivity index (χ1) is 8.58. The number of hydrogen-bond acceptors (Lipinski definition) is 4. The van der Waals surface area contributed by atoms with Gasteiger partial charge in [-0.05, 0) is 30.3 Å². The summed E-state index contributed by atoms with van der Waals surface area (Å²) >= 11 is 0. The summed E-state index contributed by atoms with van der Waals surface area (Å²) in [6.45, 7) is 0. The summed E-state index contributed by atoms with van der Waals surface area (Å²) in [5.41, 5.74) is 0.378. The number of anilines is 1. The van der Waals surface area contributed by atoms with Crippen molar-refractivity contribution in [3.05, 3.63) is 48.0 Å². The molecule has 2 rings (SSSR count). The minimum Gasteiger partial charge on any atom is -0.507 e. The van der Waals surface area contributed by atoms with Crippen molar-refractivity contribution >= 4 is 11.6 Å². The van der Waals surface area contributed by atoms with Crippen LogP contribution in [-0.2, 0) is 0 Å². The third kappa shape index (κ3) is 2.35. The fraction of sp³-hybridized carbons (Fsp3) is 0. The molecule has 5 heteroatoms. The first-order valence-electron chi connectivity index (χ1n) is 5.10. The SMILES string of the molecule is O=C(Nc1ccc(O)c(O)c1)c1c[c]ccc1O. The molecule has 2 aromatic carbocycles. The Bertz CT molecular complexity index is 595. The summed E-state index contributed by atoms with van der Waals surface area (Å²) in [6, 6.07) is 10.8. The van der Waals surface area contributed by atoms with Crippen LogP contribution >= 0.6 is 0 Å². The molecular weight excluding hydrogens is 234 g/mol. The third-order valence-corrected chi connectivity index (χ3v) is 2.32. The first kappa shape index (κ1) is 11.8. The van der Waals surface area contributed by atoms with Gasteiger partial charge in [-0.3, -0.25) is 4.79 Å². The molecule has 5 nitrogen and oxygen atoms in total. The number of aromatic hydroxyl groups is 3. The number of rotatable bonds is 2. The molecule has 0 aliphatic rings. The minimum absolute atomic E-state index is 0.0741. The molecule has 0 spiro atoms. The smallest absolute Gasteiger partial charge is 0.259 e. The second-order valence-electron chi connectivity index (χ2n) is 3.60. The van der Waals surface area contributed by atoms with Crippen LogP contribution in [0.25, 0.3) is 0 Å². The highest BCUT2D eigenvalue weighted by molar-refractivity contribution is 6.06. The summed E-state index contributed by atoms with van der Waals surface area (Å²) in [6.07, 6.45) is 0. The van der Waals surface area contributed by atoms with Crippen LogP contribution in [0, 0.1) is 6.07 Å². The van der Waals surface area contributed by atoms with Gasteiger partial charge in [0.1, 0.15) is 5.75 Å². The first-order valence-corrected chi connectivity index (χ1v) is 5.10. The van der Waals surface area contributed by atoms with E-state index in [-0.39, 0.29) is 22.8 Å². The van der Waals surface area contributed by atoms with Crippen molar-refractivity contribution < 1.29 is 20.1 Å². The average Bonchev–Trinajstić information content (AvgIpc) is 2.34. The Hall–Kier alpha value is -2.69. The highest BCUT2D eigenvalue weighted by atomic mass is 16.3. The van der Waals surface area contributed by atoms with Crippen LogP contribution in [-0.4, -0.2) is 21.2 Å². The van der Waals surface area contributed by atoms with Crippen LogP contribution in [0.2, 0.25) is 0 Å². The number of carbonyl (C=O) groups excluding carboxylic acids is 1. The number of benzene rings is 2. The molecular formula is C13H10NO4. The zero-order valence-corrected chi connectivity index (χ0v) is 9.21. The van der Waals surface area contributed by atoms with E-state index in [1.807, 2.05) is 0 Å². The van der Waals surface area contributed by atoms with E-state index in [0.29, 0.717) is 5.69 Å². The number of phenols is 3. The summed E-state index contributed by atoms with van der Waals surface area (Å²) in [5.74, 6) is -1.30. The predicted octanol–water partition coefficient (Wildman–Crippen LogP) is 1.86. The fourth-order valence-corrected chi connectivity index (χ4v) is 1.40. The molecule has 0 fully saturated rings. The zero-order chi connectivity index (χ0) is 13.1. The van der Waals surface area contributed by atoms with Crippen molar-refractivity contribution in [2.45, 2.75) is 0 Å². The molecule has 0 aliphatic carbocycles. The minimum atomic E-state index is -0.533. The molecule has 91 valence electrons. The summed E-state index contributed by atoms with van der Waals surface area (Å²) in [7, 11) is 0. The number of nitrogens with one attached hydrogen (secondary N) is 1. The molecule has 2 aromatic rings. The molecule has 1 radical (unpaired) electrons. The standard InChI is InChI=1S/C13H10NO4/c15-10-4-2-1-3-9(10)13(18)14-8-5-6-11(16)12(17)7-8/h2-7,15-17H,(H,14,18). The molecule has 0 saturated carbocycles. The van der Waals surface area contributed by atoms with E-state index >= 15 is 0 Å². The van der Waals surface area contributed by atoms with Gasteiger partial charge in [0.15, 0.2) is 11.5 Å². The topological polar surface area (TPSA) is 89.8 Å². The van der Waals surface area contributed by atoms with Crippen molar-refractivity contribution in [1.29, 1.82) is 0 Å². The molecule has 0 unspecified atom stereocenters. The average molecular weight is 244 g/mol. The van der Waals surface area contributed by atoms with Crippen LogP contribution in [0.3, 0.4) is 0 Å². The monoisotopic (exact) mass is 244 g/mol. The fourth-order valence-electron chi connectivity index (χ4n) is 1.40. The third-order valence-electron chi connectivity index (χ3n) is 2.32. The van der Waals surface area contributed by atoms with Crippen molar-refractivity contribution in [3.63, 3.8) is 0 Å². The summed E-state index contributed by atoms with van der Waals surface area (Å²) < 4.78 is 0. The van der Waals surface area contributed by atoms with E-state index in [1.54, 1.807) is 0 Å². The van der Waals surface area contributed by atoms with Gasteiger partial charge in [0.2, 0.25) is 0 Å². The van der Waals surface area contributed by atoms with Crippen molar-refractivity contribution in [1.82, 2.24) is 0 Å². The lowest BCUT2D eigenvalue weighted by Gasteiger charge is -2.07. The second kappa shape index (κ2) is 4.67. The Kier molecular flexibility index (Phi) is 3.05. The van der Waals surface area contributed by atoms with Gasteiger partial charge in [-0.1, -0.05) is 6.07 Å². The van der Waals surface area contributed by atoms with Crippen LogP contribution in [0.15, 0.2) is 36.4 Å². The van der Waals surface area contributed by atoms with Gasteiger partial charge in [-0.15, -0.1) is 0 Å². The molecule has 0 aliphatic heterocycles. The van der Waals surface area contributed by atoms with E-state index in [2.05, 4.69) is 11.4 Å². The van der Waals surface area contributed by atoms with Gasteiger partial charge in [-0.2, -0.15) is 0 Å². The maximum atomic E-state index is 11.8. The molecule has 0 atom stereocenters. The molecule has 18 heavy (non-hydrogen) atoms. The zero-order valence-electron chi connectivity index (χ0n) is 9.21. The molecule has 0 aromatic heterocycles. The Morgan fingerprint density at radius 2 is 1.83 bits per heavy atom. The molecule has 0 saturated heterocycles. The van der Waals surface area contributed by atoms with E-state index in [9.17, 15) is 15.0 Å². The second-order valence-corrected chi connectivity index (χ2v) is 3.60. The van der Waals surface area contributed by atoms with Gasteiger partial charge in [-0.25, -0.2) is 0 Å². The highest BCUT2D eigenvalue weighted by Crippen LogP contribution is 2.28. The Labute approximate surface area is 103 Å². The predicted molar refractivity (Wildman–Crippen MR) is 64.7 cm³/mol. The van der Waals surface area contributed by atoms with Crippen molar-refractivity contribution in [3.8, 4) is 17.2 Å². The van der Waals surface area contributed by atoms with Gasteiger partial charge in [0, 0.05) is 11.8 Å². The van der Waals surface area contributed by atoms with Crippen LogP contribution < -0.4 is 5.32 Å². The van der Waals surface area contributed by atoms with Gasteiger partial charge < -0.3 is 20.6 Å². The maximum Gasteiger partial charge on any atom is 0.259 e. The highest BCUT2D eigenvalue weighted by Gasteiger charge is 2.11. The quantitative estimate of drug-likeness (QED) is 0.479. The van der Waals surface area contributed by atoms with Crippen LogP contribution in [0.1, 0.15) is 10.4 Å². The van der Waals surface area contributed by atoms with E-state index in [4.69, 9.17) is 5.11 Å². The van der Waals surface area contributed by atoms with E-state index < -0.39 is 5.91 Å². The van der Waals surface area contributed by atoms with Crippen LogP contribution in [0.4, 0.5) is 5.69 Å². The molecule has 4 N–H and O–H groups in total. The van der Waals surface area contributed by atoms with Crippen molar-refractivity contribution in [2.24, 2.45) is 0 Å². The molecule has 0 bridgehead atoms. The van der Waals surface area contributed by atoms with E-state index in [1.165, 1.54) is 36.4 Å². The van der Waals surface area contributed by atoms with Gasteiger partial charge >= 0.3 is 0 Å². The van der Waals surface area contributed by atoms with Crippen LogP contribution in [0.5, 0.6) is 17.2 Å². The lowest BCUT2D eigenvalue weighted by atomic mass is 10.2. The van der Waals surface area contributed by atoms with Crippen molar-refractivity contribution in [2.75, 3.05) is 5.32 Å². The lowest BCUT2D eigenvalue weighted by molar-refractivity contribution is 0.102. The normalized spacial score (nSPS) is 10.0. The Morgan fingerprint density at radius 1 is 1.06 bits per heavy atom. The Balaban J connectivity index is 2.22. The molecule has 0 heterocycles. The van der Waals surface area contributed by atoms with Gasteiger partial charge in [0.05, 0.1) is 5.56 Å². The lowest BCUT2D eigenvalue weighted by Crippen LogP contribution is -2.11. The van der Waals surface area contributed by atoms with E-state index in [0.717, 1.165) is 0 Å². The Morgan fingerprint density at radius 3 is 2.50 bits per heavy atom. The summed E-state index contributed by atoms with van der Waals surface area (Å²) in [5, 5.41) is 30.4. The number of amides is 1. The number of phenolic OH excluding ortho intramolecular Hbond substituents is 3. The molecule has 1 amide bonds. The van der Waals surface area contributed by atoms with Gasteiger partial charge in [0.25, 0.3) is 5.91 Å². The number of carbonyl (C=O) groups is 1. The largest absolute Gasteiger partial charge is 0.507 e.